The number of carbonyl (C=O) groups is 2. The highest BCUT2D eigenvalue weighted by atomic mass is 19.1. The summed E-state index contributed by atoms with van der Waals surface area (Å²) < 4.78 is 27.6. The van der Waals surface area contributed by atoms with E-state index in [1.807, 2.05) is 7.05 Å². The van der Waals surface area contributed by atoms with Crippen LogP contribution in [0.1, 0.15) is 35.2 Å². The molecule has 1 fully saturated rings. The van der Waals surface area contributed by atoms with Crippen molar-refractivity contribution in [1.29, 1.82) is 0 Å². The van der Waals surface area contributed by atoms with E-state index in [2.05, 4.69) is 15.5 Å². The quantitative estimate of drug-likeness (QED) is 0.498. The standard InChI is InChI=1S/C25H30F2N4O4/c1-30-22-5-3-17(26)11-19(22)23(34)12-25(30)6-8-31(9-7-25)24(35)29-13-16-2-4-20(27)21(10-16)28-14-18(33)15-32/h2-5,10-11,18,28,32-33H,6-9,12-15H2,1H3,(H,29,35). The minimum Gasteiger partial charge on any atom is -0.394 e. The fraction of sp³-hybridized carbons (Fsp3) is 0.440. The van der Waals surface area contributed by atoms with Gasteiger partial charge in [0.05, 0.1) is 23.9 Å². The third-order valence-electron chi connectivity index (χ3n) is 7.02. The van der Waals surface area contributed by atoms with Crippen molar-refractivity contribution in [2.75, 3.05) is 43.5 Å². The van der Waals surface area contributed by atoms with Gasteiger partial charge < -0.3 is 30.6 Å². The van der Waals surface area contributed by atoms with Crippen LogP contribution in [-0.2, 0) is 6.54 Å². The lowest BCUT2D eigenvalue weighted by atomic mass is 9.77. The maximum Gasteiger partial charge on any atom is 0.317 e. The lowest BCUT2D eigenvalue weighted by molar-refractivity contribution is 0.0890. The van der Waals surface area contributed by atoms with E-state index < -0.39 is 29.9 Å². The first-order valence-corrected chi connectivity index (χ1v) is 11.6. The number of nitrogens with zero attached hydrogens (tertiary/aromatic N) is 2. The van der Waals surface area contributed by atoms with Crippen LogP contribution in [0.3, 0.4) is 0 Å². The second-order valence-corrected chi connectivity index (χ2v) is 9.22. The van der Waals surface area contributed by atoms with Gasteiger partial charge in [-0.2, -0.15) is 0 Å². The van der Waals surface area contributed by atoms with Crippen LogP contribution in [0.15, 0.2) is 36.4 Å². The first kappa shape index (κ1) is 24.9. The average Bonchev–Trinajstić information content (AvgIpc) is 2.86. The lowest BCUT2D eigenvalue weighted by Crippen LogP contribution is -2.59. The molecule has 0 aliphatic carbocycles. The second kappa shape index (κ2) is 10.2. The van der Waals surface area contributed by atoms with Gasteiger partial charge in [0.1, 0.15) is 11.6 Å². The summed E-state index contributed by atoms with van der Waals surface area (Å²) >= 11 is 0. The van der Waals surface area contributed by atoms with Crippen molar-refractivity contribution in [3.8, 4) is 0 Å². The predicted octanol–water partition coefficient (Wildman–Crippen LogP) is 2.50. The van der Waals surface area contributed by atoms with Gasteiger partial charge in [-0.3, -0.25) is 4.79 Å². The Labute approximate surface area is 202 Å². The number of carbonyl (C=O) groups excluding carboxylic acids is 2. The molecule has 4 rings (SSSR count). The minimum atomic E-state index is -1.01. The average molecular weight is 489 g/mol. The van der Waals surface area contributed by atoms with E-state index in [0.717, 1.165) is 0 Å². The number of anilines is 2. The molecule has 2 aromatic rings. The number of rotatable bonds is 6. The number of likely N-dealkylation sites (tertiary alicyclic amines) is 1. The van der Waals surface area contributed by atoms with Crippen LogP contribution in [0, 0.1) is 11.6 Å². The van der Waals surface area contributed by atoms with Gasteiger partial charge in [-0.1, -0.05) is 6.07 Å². The predicted molar refractivity (Wildman–Crippen MR) is 128 cm³/mol. The van der Waals surface area contributed by atoms with Gasteiger partial charge in [0.25, 0.3) is 0 Å². The van der Waals surface area contributed by atoms with Crippen LogP contribution in [0.2, 0.25) is 0 Å². The third kappa shape index (κ3) is 5.23. The van der Waals surface area contributed by atoms with Crippen LogP contribution in [0.25, 0.3) is 0 Å². The number of Topliss-reactive ketones (excluding diaryl/α,β-unsaturated/α-hetero) is 1. The maximum absolute atomic E-state index is 14.0. The fourth-order valence-corrected chi connectivity index (χ4v) is 4.83. The molecule has 8 nitrogen and oxygen atoms in total. The maximum atomic E-state index is 14.0. The lowest BCUT2D eigenvalue weighted by Gasteiger charge is -2.50. The Bertz CT molecular complexity index is 1100. The van der Waals surface area contributed by atoms with Crippen molar-refractivity contribution in [2.24, 2.45) is 0 Å². The molecule has 0 saturated carbocycles. The first-order valence-electron chi connectivity index (χ1n) is 11.6. The van der Waals surface area contributed by atoms with Gasteiger partial charge in [0, 0.05) is 50.9 Å². The molecule has 1 spiro atoms. The highest BCUT2D eigenvalue weighted by molar-refractivity contribution is 6.04. The molecule has 188 valence electrons. The molecule has 2 aliphatic rings. The van der Waals surface area contributed by atoms with Gasteiger partial charge in [0.2, 0.25) is 0 Å². The smallest absolute Gasteiger partial charge is 0.317 e. The highest BCUT2D eigenvalue weighted by Gasteiger charge is 2.45. The van der Waals surface area contributed by atoms with Gasteiger partial charge in [-0.15, -0.1) is 0 Å². The number of hydrogen-bond acceptors (Lipinski definition) is 6. The van der Waals surface area contributed by atoms with E-state index in [9.17, 15) is 23.5 Å². The third-order valence-corrected chi connectivity index (χ3v) is 7.02. The summed E-state index contributed by atoms with van der Waals surface area (Å²) in [5.41, 5.74) is 1.56. The molecule has 4 N–H and O–H groups in total. The van der Waals surface area contributed by atoms with Crippen LogP contribution in [-0.4, -0.2) is 71.9 Å². The molecule has 0 radical (unpaired) electrons. The number of hydrogen-bond donors (Lipinski definition) is 4. The number of halogens is 2. The normalized spacial score (nSPS) is 17.8. The van der Waals surface area contributed by atoms with Crippen molar-refractivity contribution >= 4 is 23.2 Å². The Morgan fingerprint density at radius 1 is 1.17 bits per heavy atom. The van der Waals surface area contributed by atoms with Crippen molar-refractivity contribution in [1.82, 2.24) is 10.2 Å². The number of nitrogens with one attached hydrogen (secondary N) is 2. The number of aliphatic hydroxyl groups excluding tert-OH is 2. The molecule has 1 saturated heterocycles. The number of aliphatic hydroxyl groups is 2. The highest BCUT2D eigenvalue weighted by Crippen LogP contribution is 2.42. The molecular formula is C25H30F2N4O4. The molecule has 1 atom stereocenters. The Kier molecular flexibility index (Phi) is 7.23. The molecule has 0 bridgehead atoms. The van der Waals surface area contributed by atoms with E-state index in [4.69, 9.17) is 5.11 Å². The number of ketones is 1. The van der Waals surface area contributed by atoms with Gasteiger partial charge in [-0.05, 0) is 48.7 Å². The number of amides is 2. The van der Waals surface area contributed by atoms with Gasteiger partial charge in [0.15, 0.2) is 5.78 Å². The van der Waals surface area contributed by atoms with Crippen molar-refractivity contribution < 1.29 is 28.6 Å². The summed E-state index contributed by atoms with van der Waals surface area (Å²) in [4.78, 5) is 29.3. The van der Waals surface area contributed by atoms with E-state index in [1.165, 1.54) is 18.2 Å². The topological polar surface area (TPSA) is 105 Å². The summed E-state index contributed by atoms with van der Waals surface area (Å²) in [6.45, 7) is 0.686. The monoisotopic (exact) mass is 488 g/mol. The molecular weight excluding hydrogens is 458 g/mol. The first-order chi connectivity index (χ1) is 16.7. The molecule has 10 heteroatoms. The second-order valence-electron chi connectivity index (χ2n) is 9.22. The van der Waals surface area contributed by atoms with E-state index in [-0.39, 0.29) is 37.0 Å². The van der Waals surface area contributed by atoms with Crippen LogP contribution < -0.4 is 15.5 Å². The molecule has 2 heterocycles. The van der Waals surface area contributed by atoms with E-state index in [0.29, 0.717) is 42.7 Å². The molecule has 35 heavy (non-hydrogen) atoms. The zero-order valence-corrected chi connectivity index (χ0v) is 19.6. The van der Waals surface area contributed by atoms with Crippen LogP contribution >= 0.6 is 0 Å². The number of benzene rings is 2. The molecule has 1 unspecified atom stereocenters. The molecule has 0 aromatic heterocycles. The van der Waals surface area contributed by atoms with Crippen molar-refractivity contribution in [3.05, 3.63) is 59.2 Å². The van der Waals surface area contributed by atoms with E-state index in [1.54, 1.807) is 23.1 Å². The Morgan fingerprint density at radius 3 is 2.63 bits per heavy atom. The zero-order chi connectivity index (χ0) is 25.2. The number of piperidine rings is 1. The van der Waals surface area contributed by atoms with Crippen molar-refractivity contribution in [3.63, 3.8) is 0 Å². The minimum absolute atomic E-state index is 0.00484. The van der Waals surface area contributed by atoms with Crippen LogP contribution in [0.5, 0.6) is 0 Å². The SMILES string of the molecule is CN1c2ccc(F)cc2C(=O)CC12CCN(C(=O)NCc1ccc(F)c(NCC(O)CO)c1)CC2. The Morgan fingerprint density at radius 2 is 1.91 bits per heavy atom. The summed E-state index contributed by atoms with van der Waals surface area (Å²) in [6.07, 6.45) is 0.494. The molecule has 2 aromatic carbocycles. The Hall–Kier alpha value is -3.24. The van der Waals surface area contributed by atoms with Crippen LogP contribution in [0.4, 0.5) is 25.0 Å². The van der Waals surface area contributed by atoms with Crippen molar-refractivity contribution in [2.45, 2.75) is 37.5 Å². The largest absolute Gasteiger partial charge is 0.394 e. The van der Waals surface area contributed by atoms with E-state index >= 15 is 0 Å². The molecule has 2 aliphatic heterocycles. The number of fused-ring (bicyclic) bond motifs is 1. The Balaban J connectivity index is 1.34. The number of urea groups is 1. The summed E-state index contributed by atoms with van der Waals surface area (Å²) in [5, 5.41) is 23.9. The molecule has 2 amide bonds. The summed E-state index contributed by atoms with van der Waals surface area (Å²) in [7, 11) is 1.92. The fourth-order valence-electron chi connectivity index (χ4n) is 4.83. The summed E-state index contributed by atoms with van der Waals surface area (Å²) in [6, 6.07) is 8.43. The van der Waals surface area contributed by atoms with Gasteiger partial charge in [-0.25, -0.2) is 13.6 Å². The van der Waals surface area contributed by atoms with Gasteiger partial charge >= 0.3 is 6.03 Å². The summed E-state index contributed by atoms with van der Waals surface area (Å²) in [5.74, 6) is -1.01. The zero-order valence-electron chi connectivity index (χ0n) is 19.6.